The SMILES string of the molecule is O=C(C1CN(Cc2ccc(F)cc2)CCO1)N1CCOCC1. The number of ether oxygens (including phenoxy) is 2. The van der Waals surface area contributed by atoms with Gasteiger partial charge in [0.25, 0.3) is 5.91 Å². The summed E-state index contributed by atoms with van der Waals surface area (Å²) in [7, 11) is 0. The van der Waals surface area contributed by atoms with Crippen molar-refractivity contribution in [2.45, 2.75) is 12.6 Å². The number of benzene rings is 1. The van der Waals surface area contributed by atoms with E-state index >= 15 is 0 Å². The number of carbonyl (C=O) groups excluding carboxylic acids is 1. The Morgan fingerprint density at radius 3 is 2.59 bits per heavy atom. The summed E-state index contributed by atoms with van der Waals surface area (Å²) in [5.74, 6) is -0.182. The molecule has 0 saturated carbocycles. The summed E-state index contributed by atoms with van der Waals surface area (Å²) in [5.41, 5.74) is 1.04. The van der Waals surface area contributed by atoms with E-state index < -0.39 is 6.10 Å². The van der Waals surface area contributed by atoms with Crippen molar-refractivity contribution in [3.8, 4) is 0 Å². The van der Waals surface area contributed by atoms with Crippen LogP contribution in [0.2, 0.25) is 0 Å². The first kappa shape index (κ1) is 15.4. The van der Waals surface area contributed by atoms with Gasteiger partial charge >= 0.3 is 0 Å². The van der Waals surface area contributed by atoms with E-state index in [4.69, 9.17) is 9.47 Å². The second-order valence-corrected chi connectivity index (χ2v) is 5.66. The van der Waals surface area contributed by atoms with E-state index in [0.29, 0.717) is 46.0 Å². The number of morpholine rings is 2. The van der Waals surface area contributed by atoms with Crippen LogP contribution in [0, 0.1) is 5.82 Å². The molecule has 2 aliphatic heterocycles. The van der Waals surface area contributed by atoms with Gasteiger partial charge in [-0.05, 0) is 17.7 Å². The van der Waals surface area contributed by atoms with Crippen LogP contribution in [-0.2, 0) is 20.8 Å². The minimum atomic E-state index is -0.410. The molecule has 120 valence electrons. The van der Waals surface area contributed by atoms with Crippen molar-refractivity contribution in [2.75, 3.05) is 46.0 Å². The molecule has 22 heavy (non-hydrogen) atoms. The van der Waals surface area contributed by atoms with E-state index in [0.717, 1.165) is 12.1 Å². The normalized spacial score (nSPS) is 23.5. The van der Waals surface area contributed by atoms with Gasteiger partial charge in [-0.1, -0.05) is 12.1 Å². The Balaban J connectivity index is 1.56. The summed E-state index contributed by atoms with van der Waals surface area (Å²) < 4.78 is 23.9. The number of carbonyl (C=O) groups is 1. The molecule has 6 heteroatoms. The Morgan fingerprint density at radius 2 is 1.86 bits per heavy atom. The Kier molecular flexibility index (Phi) is 5.02. The Morgan fingerprint density at radius 1 is 1.14 bits per heavy atom. The average molecular weight is 308 g/mol. The van der Waals surface area contributed by atoms with Crippen molar-refractivity contribution in [3.05, 3.63) is 35.6 Å². The summed E-state index contributed by atoms with van der Waals surface area (Å²) >= 11 is 0. The first-order valence-electron chi connectivity index (χ1n) is 7.67. The molecule has 1 atom stereocenters. The maximum Gasteiger partial charge on any atom is 0.253 e. The number of hydrogen-bond acceptors (Lipinski definition) is 4. The standard InChI is InChI=1S/C16H21FN2O3/c17-14-3-1-13(2-4-14)11-18-5-10-22-15(12-18)16(20)19-6-8-21-9-7-19/h1-4,15H,5-12H2. The minimum absolute atomic E-state index is 0.0482. The summed E-state index contributed by atoms with van der Waals surface area (Å²) in [6.45, 7) is 5.07. The molecular formula is C16H21FN2O3. The summed E-state index contributed by atoms with van der Waals surface area (Å²) in [4.78, 5) is 16.5. The third-order valence-corrected chi connectivity index (χ3v) is 4.07. The Labute approximate surface area is 129 Å². The van der Waals surface area contributed by atoms with Gasteiger partial charge in [0, 0.05) is 32.7 Å². The van der Waals surface area contributed by atoms with Crippen LogP contribution in [0.15, 0.2) is 24.3 Å². The number of halogens is 1. The molecule has 0 spiro atoms. The van der Waals surface area contributed by atoms with E-state index in [1.165, 1.54) is 12.1 Å². The van der Waals surface area contributed by atoms with Gasteiger partial charge < -0.3 is 14.4 Å². The molecular weight excluding hydrogens is 287 g/mol. The van der Waals surface area contributed by atoms with Crippen LogP contribution in [0.5, 0.6) is 0 Å². The van der Waals surface area contributed by atoms with Gasteiger partial charge in [0.2, 0.25) is 0 Å². The van der Waals surface area contributed by atoms with Crippen LogP contribution in [0.25, 0.3) is 0 Å². The van der Waals surface area contributed by atoms with Gasteiger partial charge in [-0.3, -0.25) is 9.69 Å². The molecule has 3 rings (SSSR count). The molecule has 2 heterocycles. The third kappa shape index (κ3) is 3.82. The average Bonchev–Trinajstić information content (AvgIpc) is 2.57. The largest absolute Gasteiger partial charge is 0.378 e. The summed E-state index contributed by atoms with van der Waals surface area (Å²) in [6, 6.07) is 6.49. The number of rotatable bonds is 3. The maximum absolute atomic E-state index is 12.9. The molecule has 1 amide bonds. The molecule has 5 nitrogen and oxygen atoms in total. The number of nitrogens with zero attached hydrogens (tertiary/aromatic N) is 2. The van der Waals surface area contributed by atoms with Gasteiger partial charge in [-0.2, -0.15) is 0 Å². The highest BCUT2D eigenvalue weighted by Crippen LogP contribution is 2.13. The number of hydrogen-bond donors (Lipinski definition) is 0. The molecule has 2 saturated heterocycles. The highest BCUT2D eigenvalue weighted by molar-refractivity contribution is 5.81. The van der Waals surface area contributed by atoms with Crippen molar-refractivity contribution >= 4 is 5.91 Å². The van der Waals surface area contributed by atoms with Crippen LogP contribution < -0.4 is 0 Å². The lowest BCUT2D eigenvalue weighted by Crippen LogP contribution is -2.53. The first-order valence-corrected chi connectivity index (χ1v) is 7.67. The molecule has 2 fully saturated rings. The van der Waals surface area contributed by atoms with Gasteiger partial charge in [0.05, 0.1) is 19.8 Å². The molecule has 0 radical (unpaired) electrons. The smallest absolute Gasteiger partial charge is 0.253 e. The van der Waals surface area contributed by atoms with Crippen LogP contribution in [0.1, 0.15) is 5.56 Å². The van der Waals surface area contributed by atoms with Crippen molar-refractivity contribution in [1.82, 2.24) is 9.80 Å². The molecule has 0 aromatic heterocycles. The van der Waals surface area contributed by atoms with Crippen molar-refractivity contribution < 1.29 is 18.7 Å². The first-order chi connectivity index (χ1) is 10.7. The highest BCUT2D eigenvalue weighted by Gasteiger charge is 2.30. The van der Waals surface area contributed by atoms with Crippen LogP contribution in [0.3, 0.4) is 0 Å². The monoisotopic (exact) mass is 308 g/mol. The lowest BCUT2D eigenvalue weighted by Gasteiger charge is -2.36. The predicted octanol–water partition coefficient (Wildman–Crippen LogP) is 0.885. The molecule has 1 aromatic rings. The number of amides is 1. The van der Waals surface area contributed by atoms with E-state index in [1.807, 2.05) is 4.90 Å². The Bertz CT molecular complexity index is 503. The second kappa shape index (κ2) is 7.17. The molecule has 0 bridgehead atoms. The molecule has 1 unspecified atom stereocenters. The quantitative estimate of drug-likeness (QED) is 0.831. The fourth-order valence-corrected chi connectivity index (χ4v) is 2.83. The summed E-state index contributed by atoms with van der Waals surface area (Å²) in [5, 5.41) is 0. The summed E-state index contributed by atoms with van der Waals surface area (Å²) in [6.07, 6.45) is -0.410. The Hall–Kier alpha value is -1.50. The highest BCUT2D eigenvalue weighted by atomic mass is 19.1. The topological polar surface area (TPSA) is 42.0 Å². The molecule has 1 aromatic carbocycles. The fraction of sp³-hybridized carbons (Fsp3) is 0.562. The van der Waals surface area contributed by atoms with Crippen LogP contribution in [-0.4, -0.2) is 67.8 Å². The molecule has 0 N–H and O–H groups in total. The third-order valence-electron chi connectivity index (χ3n) is 4.07. The van der Waals surface area contributed by atoms with Gasteiger partial charge in [0.1, 0.15) is 11.9 Å². The lowest BCUT2D eigenvalue weighted by molar-refractivity contribution is -0.153. The van der Waals surface area contributed by atoms with Crippen LogP contribution >= 0.6 is 0 Å². The second-order valence-electron chi connectivity index (χ2n) is 5.66. The lowest BCUT2D eigenvalue weighted by atomic mass is 10.1. The van der Waals surface area contributed by atoms with Gasteiger partial charge in [-0.15, -0.1) is 0 Å². The fourth-order valence-electron chi connectivity index (χ4n) is 2.83. The van der Waals surface area contributed by atoms with E-state index in [9.17, 15) is 9.18 Å². The van der Waals surface area contributed by atoms with Crippen LogP contribution in [0.4, 0.5) is 4.39 Å². The van der Waals surface area contributed by atoms with E-state index in [-0.39, 0.29) is 11.7 Å². The predicted molar refractivity (Wildman–Crippen MR) is 78.8 cm³/mol. The van der Waals surface area contributed by atoms with Crippen molar-refractivity contribution in [1.29, 1.82) is 0 Å². The minimum Gasteiger partial charge on any atom is -0.378 e. The zero-order chi connectivity index (χ0) is 15.4. The van der Waals surface area contributed by atoms with E-state index in [1.54, 1.807) is 12.1 Å². The van der Waals surface area contributed by atoms with Crippen molar-refractivity contribution in [2.24, 2.45) is 0 Å². The molecule has 0 aliphatic carbocycles. The van der Waals surface area contributed by atoms with Gasteiger partial charge in [-0.25, -0.2) is 4.39 Å². The zero-order valence-electron chi connectivity index (χ0n) is 12.5. The maximum atomic E-state index is 12.9. The van der Waals surface area contributed by atoms with Crippen molar-refractivity contribution in [3.63, 3.8) is 0 Å². The zero-order valence-corrected chi connectivity index (χ0v) is 12.5. The van der Waals surface area contributed by atoms with E-state index in [2.05, 4.69) is 4.90 Å². The molecule has 2 aliphatic rings. The van der Waals surface area contributed by atoms with Gasteiger partial charge in [0.15, 0.2) is 0 Å².